The standard InChI is InChI=1S/C16H20N2O/c1-12-5-4-10-18(11-12)16(19)15-14-7-3-2-6-13(14)8-9-17-15/h2-3,5-7,15,17H,4,8-11H2,1H3. The van der Waals surface area contributed by atoms with Gasteiger partial charge in [-0.1, -0.05) is 35.9 Å². The van der Waals surface area contributed by atoms with Gasteiger partial charge in [-0.2, -0.15) is 0 Å². The third-order valence-corrected chi connectivity index (χ3v) is 4.00. The van der Waals surface area contributed by atoms with Crippen molar-refractivity contribution in [3.05, 3.63) is 47.0 Å². The molecule has 0 aliphatic carbocycles. The van der Waals surface area contributed by atoms with Crippen molar-refractivity contribution in [1.82, 2.24) is 10.2 Å². The Labute approximate surface area is 114 Å². The van der Waals surface area contributed by atoms with Crippen molar-refractivity contribution < 1.29 is 4.79 Å². The molecule has 3 heteroatoms. The number of rotatable bonds is 1. The average Bonchev–Trinajstić information content (AvgIpc) is 2.46. The lowest BCUT2D eigenvalue weighted by Crippen LogP contribution is -2.45. The predicted octanol–water partition coefficient (Wildman–Crippen LogP) is 2.05. The summed E-state index contributed by atoms with van der Waals surface area (Å²) in [5.41, 5.74) is 3.76. The summed E-state index contributed by atoms with van der Waals surface area (Å²) in [6.07, 6.45) is 4.22. The zero-order valence-corrected chi connectivity index (χ0v) is 11.4. The Bertz CT molecular complexity index is 521. The molecule has 1 aromatic carbocycles. The summed E-state index contributed by atoms with van der Waals surface area (Å²) in [5.74, 6) is 0.222. The maximum absolute atomic E-state index is 12.7. The molecule has 19 heavy (non-hydrogen) atoms. The van der Waals surface area contributed by atoms with Crippen molar-refractivity contribution in [3.8, 4) is 0 Å². The van der Waals surface area contributed by atoms with Crippen molar-refractivity contribution in [2.45, 2.75) is 25.8 Å². The van der Waals surface area contributed by atoms with Crippen molar-refractivity contribution in [1.29, 1.82) is 0 Å². The fraction of sp³-hybridized carbons (Fsp3) is 0.438. The van der Waals surface area contributed by atoms with Crippen LogP contribution in [0.4, 0.5) is 0 Å². The first-order valence-electron chi connectivity index (χ1n) is 7.01. The van der Waals surface area contributed by atoms with Gasteiger partial charge in [0.05, 0.1) is 0 Å². The Hall–Kier alpha value is -1.61. The second-order valence-electron chi connectivity index (χ2n) is 5.43. The van der Waals surface area contributed by atoms with Crippen LogP contribution in [0, 0.1) is 0 Å². The zero-order chi connectivity index (χ0) is 13.2. The Balaban J connectivity index is 1.83. The van der Waals surface area contributed by atoms with Crippen LogP contribution >= 0.6 is 0 Å². The van der Waals surface area contributed by atoms with E-state index in [1.54, 1.807) is 0 Å². The number of hydrogen-bond acceptors (Lipinski definition) is 2. The monoisotopic (exact) mass is 256 g/mol. The van der Waals surface area contributed by atoms with Crippen molar-refractivity contribution in [3.63, 3.8) is 0 Å². The summed E-state index contributed by atoms with van der Waals surface area (Å²) >= 11 is 0. The Morgan fingerprint density at radius 3 is 3.05 bits per heavy atom. The summed E-state index contributed by atoms with van der Waals surface area (Å²) in [5, 5.41) is 3.38. The van der Waals surface area contributed by atoms with E-state index < -0.39 is 0 Å². The molecular formula is C16H20N2O. The highest BCUT2D eigenvalue weighted by atomic mass is 16.2. The maximum atomic E-state index is 12.7. The second kappa shape index (κ2) is 5.17. The molecule has 1 N–H and O–H groups in total. The van der Waals surface area contributed by atoms with Crippen LogP contribution in [0.1, 0.15) is 30.5 Å². The number of nitrogens with one attached hydrogen (secondary N) is 1. The van der Waals surface area contributed by atoms with Gasteiger partial charge >= 0.3 is 0 Å². The van der Waals surface area contributed by atoms with Crippen molar-refractivity contribution in [2.75, 3.05) is 19.6 Å². The fourth-order valence-electron chi connectivity index (χ4n) is 3.01. The smallest absolute Gasteiger partial charge is 0.244 e. The molecule has 100 valence electrons. The van der Waals surface area contributed by atoms with Crippen molar-refractivity contribution in [2.24, 2.45) is 0 Å². The fourth-order valence-corrected chi connectivity index (χ4v) is 3.01. The topological polar surface area (TPSA) is 32.3 Å². The van der Waals surface area contributed by atoms with E-state index in [2.05, 4.69) is 36.5 Å². The number of benzene rings is 1. The minimum absolute atomic E-state index is 0.157. The van der Waals surface area contributed by atoms with Gasteiger partial charge in [0.2, 0.25) is 5.91 Å². The molecule has 0 saturated heterocycles. The number of carbonyl (C=O) groups excluding carboxylic acids is 1. The minimum atomic E-state index is -0.157. The third kappa shape index (κ3) is 2.43. The first-order chi connectivity index (χ1) is 9.25. The van der Waals surface area contributed by atoms with E-state index >= 15 is 0 Å². The molecule has 2 heterocycles. The zero-order valence-electron chi connectivity index (χ0n) is 11.4. The molecule has 0 aromatic heterocycles. The lowest BCUT2D eigenvalue weighted by Gasteiger charge is -2.33. The molecule has 3 rings (SSSR count). The molecule has 3 nitrogen and oxygen atoms in total. The first-order valence-corrected chi connectivity index (χ1v) is 7.01. The number of amides is 1. The summed E-state index contributed by atoms with van der Waals surface area (Å²) in [6.45, 7) is 4.60. The van der Waals surface area contributed by atoms with Crippen LogP contribution in [0.15, 0.2) is 35.9 Å². The van der Waals surface area contributed by atoms with E-state index in [1.165, 1.54) is 11.1 Å². The van der Waals surface area contributed by atoms with Crippen LogP contribution in [0.25, 0.3) is 0 Å². The van der Waals surface area contributed by atoms with E-state index in [0.717, 1.165) is 38.0 Å². The normalized spacial score (nSPS) is 22.7. The molecule has 1 aromatic rings. The summed E-state index contributed by atoms with van der Waals surface area (Å²) in [6, 6.07) is 8.14. The lowest BCUT2D eigenvalue weighted by molar-refractivity contribution is -0.133. The molecule has 0 radical (unpaired) electrons. The Morgan fingerprint density at radius 2 is 2.21 bits per heavy atom. The van der Waals surface area contributed by atoms with E-state index in [-0.39, 0.29) is 11.9 Å². The van der Waals surface area contributed by atoms with Crippen LogP contribution in [0.3, 0.4) is 0 Å². The largest absolute Gasteiger partial charge is 0.337 e. The molecule has 1 unspecified atom stereocenters. The quantitative estimate of drug-likeness (QED) is 0.780. The van der Waals surface area contributed by atoms with Crippen molar-refractivity contribution >= 4 is 5.91 Å². The number of hydrogen-bond donors (Lipinski definition) is 1. The molecule has 2 aliphatic heterocycles. The van der Waals surface area contributed by atoms with Gasteiger partial charge < -0.3 is 10.2 Å². The first kappa shape index (κ1) is 12.4. The SMILES string of the molecule is CC1=CCCN(C(=O)C2NCCc3ccccc32)C1. The van der Waals surface area contributed by atoms with Gasteiger partial charge in [0.15, 0.2) is 0 Å². The number of fused-ring (bicyclic) bond motifs is 1. The number of carbonyl (C=O) groups is 1. The van der Waals surface area contributed by atoms with Crippen LogP contribution in [-0.4, -0.2) is 30.4 Å². The minimum Gasteiger partial charge on any atom is -0.337 e. The van der Waals surface area contributed by atoms with Gasteiger partial charge in [-0.05, 0) is 30.9 Å². The number of nitrogens with zero attached hydrogens (tertiary/aromatic N) is 1. The Morgan fingerprint density at radius 1 is 1.37 bits per heavy atom. The van der Waals surface area contributed by atoms with Gasteiger partial charge in [-0.15, -0.1) is 0 Å². The molecule has 0 fully saturated rings. The van der Waals surface area contributed by atoms with Gasteiger partial charge in [0, 0.05) is 19.6 Å². The van der Waals surface area contributed by atoms with Gasteiger partial charge in [0.1, 0.15) is 6.04 Å². The van der Waals surface area contributed by atoms with E-state index in [9.17, 15) is 4.79 Å². The summed E-state index contributed by atoms with van der Waals surface area (Å²) < 4.78 is 0. The predicted molar refractivity (Wildman–Crippen MR) is 75.8 cm³/mol. The Kier molecular flexibility index (Phi) is 3.38. The van der Waals surface area contributed by atoms with E-state index in [1.807, 2.05) is 11.0 Å². The van der Waals surface area contributed by atoms with Crippen LogP contribution in [0.2, 0.25) is 0 Å². The molecule has 0 bridgehead atoms. The summed E-state index contributed by atoms with van der Waals surface area (Å²) in [4.78, 5) is 14.7. The van der Waals surface area contributed by atoms with Crippen LogP contribution in [-0.2, 0) is 11.2 Å². The van der Waals surface area contributed by atoms with E-state index in [4.69, 9.17) is 0 Å². The summed E-state index contributed by atoms with van der Waals surface area (Å²) in [7, 11) is 0. The molecule has 0 saturated carbocycles. The molecule has 2 aliphatic rings. The maximum Gasteiger partial charge on any atom is 0.244 e. The van der Waals surface area contributed by atoms with Gasteiger partial charge in [-0.25, -0.2) is 0 Å². The van der Waals surface area contributed by atoms with Gasteiger partial charge in [0.25, 0.3) is 0 Å². The third-order valence-electron chi connectivity index (χ3n) is 4.00. The molecule has 1 atom stereocenters. The van der Waals surface area contributed by atoms with Crippen LogP contribution < -0.4 is 5.32 Å². The van der Waals surface area contributed by atoms with E-state index in [0.29, 0.717) is 0 Å². The second-order valence-corrected chi connectivity index (χ2v) is 5.43. The molecular weight excluding hydrogens is 236 g/mol. The van der Waals surface area contributed by atoms with Gasteiger partial charge in [-0.3, -0.25) is 4.79 Å². The molecule has 1 amide bonds. The molecule has 0 spiro atoms. The average molecular weight is 256 g/mol. The highest BCUT2D eigenvalue weighted by Gasteiger charge is 2.29. The van der Waals surface area contributed by atoms with Crippen LogP contribution in [0.5, 0.6) is 0 Å². The highest BCUT2D eigenvalue weighted by Crippen LogP contribution is 2.25. The highest BCUT2D eigenvalue weighted by molar-refractivity contribution is 5.84. The lowest BCUT2D eigenvalue weighted by atomic mass is 9.93.